The van der Waals surface area contributed by atoms with Gasteiger partial charge in [0.15, 0.2) is 0 Å². The van der Waals surface area contributed by atoms with Gasteiger partial charge in [-0.3, -0.25) is 14.6 Å². The second kappa shape index (κ2) is 5.97. The predicted octanol–water partition coefficient (Wildman–Crippen LogP) is 1.99. The van der Waals surface area contributed by atoms with Crippen LogP contribution in [-0.4, -0.2) is 27.7 Å². The predicted molar refractivity (Wildman–Crippen MR) is 82.1 cm³/mol. The Morgan fingerprint density at radius 2 is 1.86 bits per heavy atom. The van der Waals surface area contributed by atoms with Crippen molar-refractivity contribution in [3.63, 3.8) is 0 Å². The first-order chi connectivity index (χ1) is 10.6. The Morgan fingerprint density at radius 1 is 1.14 bits per heavy atom. The number of aromatic nitrogens is 1. The molecule has 0 aliphatic heterocycles. The Morgan fingerprint density at radius 3 is 2.41 bits per heavy atom. The fourth-order valence-electron chi connectivity index (χ4n) is 2.36. The van der Waals surface area contributed by atoms with Crippen molar-refractivity contribution in [2.75, 3.05) is 0 Å². The summed E-state index contributed by atoms with van der Waals surface area (Å²) >= 11 is 0. The number of nitrogens with zero attached hydrogens (tertiary/aromatic N) is 2. The molecular weight excluding hydrogens is 278 g/mol. The van der Waals surface area contributed by atoms with Crippen LogP contribution in [0.4, 0.5) is 0 Å². The molecule has 1 aliphatic carbocycles. The van der Waals surface area contributed by atoms with Crippen LogP contribution in [0.15, 0.2) is 48.7 Å². The monoisotopic (exact) mass is 295 g/mol. The highest BCUT2D eigenvalue weighted by Crippen LogP contribution is 2.29. The van der Waals surface area contributed by atoms with Crippen molar-refractivity contribution in [1.29, 1.82) is 0 Å². The lowest BCUT2D eigenvalue weighted by Crippen LogP contribution is -2.33. The molecule has 5 nitrogen and oxygen atoms in total. The van der Waals surface area contributed by atoms with E-state index in [-0.39, 0.29) is 11.9 Å². The van der Waals surface area contributed by atoms with Gasteiger partial charge in [0.1, 0.15) is 5.69 Å². The van der Waals surface area contributed by atoms with Crippen LogP contribution in [0, 0.1) is 0 Å². The van der Waals surface area contributed by atoms with Gasteiger partial charge in [-0.1, -0.05) is 18.2 Å². The minimum atomic E-state index is -0.449. The molecule has 5 heteroatoms. The number of primary amides is 1. The third-order valence-corrected chi connectivity index (χ3v) is 3.72. The normalized spacial score (nSPS) is 13.6. The second-order valence-corrected chi connectivity index (χ2v) is 5.44. The number of carbonyl (C=O) groups is 2. The second-order valence-electron chi connectivity index (χ2n) is 5.44. The molecule has 2 aromatic rings. The van der Waals surface area contributed by atoms with Crippen LogP contribution in [-0.2, 0) is 6.54 Å². The van der Waals surface area contributed by atoms with E-state index in [1.807, 2.05) is 23.1 Å². The zero-order valence-electron chi connectivity index (χ0n) is 12.1. The van der Waals surface area contributed by atoms with Gasteiger partial charge in [0.25, 0.3) is 5.91 Å². The van der Waals surface area contributed by atoms with Gasteiger partial charge in [0.2, 0.25) is 5.91 Å². The van der Waals surface area contributed by atoms with Gasteiger partial charge in [-0.25, -0.2) is 0 Å². The van der Waals surface area contributed by atoms with E-state index in [0.717, 1.165) is 18.4 Å². The molecule has 22 heavy (non-hydrogen) atoms. The lowest BCUT2D eigenvalue weighted by atomic mass is 10.1. The molecule has 1 aromatic carbocycles. The highest BCUT2D eigenvalue weighted by molar-refractivity contribution is 5.93. The van der Waals surface area contributed by atoms with Crippen LogP contribution >= 0.6 is 0 Å². The van der Waals surface area contributed by atoms with E-state index in [1.54, 1.807) is 30.5 Å². The molecule has 0 radical (unpaired) electrons. The quantitative estimate of drug-likeness (QED) is 0.916. The van der Waals surface area contributed by atoms with Crippen molar-refractivity contribution < 1.29 is 9.59 Å². The number of hydrogen-bond donors (Lipinski definition) is 1. The molecule has 3 rings (SSSR count). The summed E-state index contributed by atoms with van der Waals surface area (Å²) in [4.78, 5) is 29.7. The number of nitrogens with two attached hydrogens (primary N) is 1. The molecular formula is C17H17N3O2. The molecule has 0 bridgehead atoms. The average molecular weight is 295 g/mol. The van der Waals surface area contributed by atoms with Crippen LogP contribution < -0.4 is 5.73 Å². The van der Waals surface area contributed by atoms with Gasteiger partial charge in [-0.05, 0) is 42.7 Å². The molecule has 0 spiro atoms. The van der Waals surface area contributed by atoms with Crippen molar-refractivity contribution in [2.45, 2.75) is 25.4 Å². The summed E-state index contributed by atoms with van der Waals surface area (Å²) in [6.07, 6.45) is 3.68. The molecule has 1 fully saturated rings. The summed E-state index contributed by atoms with van der Waals surface area (Å²) in [5, 5.41) is 0. The van der Waals surface area contributed by atoms with Crippen LogP contribution in [0.3, 0.4) is 0 Å². The Hall–Kier alpha value is -2.69. The lowest BCUT2D eigenvalue weighted by molar-refractivity contribution is 0.0723. The number of amides is 2. The Bertz CT molecular complexity index is 679. The first-order valence-corrected chi connectivity index (χ1v) is 7.26. The van der Waals surface area contributed by atoms with E-state index in [4.69, 9.17) is 5.73 Å². The maximum absolute atomic E-state index is 12.6. The number of pyridine rings is 1. The summed E-state index contributed by atoms with van der Waals surface area (Å²) in [7, 11) is 0. The van der Waals surface area contributed by atoms with E-state index in [0.29, 0.717) is 17.8 Å². The molecule has 1 saturated carbocycles. The summed E-state index contributed by atoms with van der Waals surface area (Å²) in [5.74, 6) is -0.503. The number of benzene rings is 1. The van der Waals surface area contributed by atoms with Crippen molar-refractivity contribution in [3.8, 4) is 0 Å². The standard InChI is InChI=1S/C17H17N3O2/c18-16(21)13-6-4-12(5-7-13)11-20(14-8-9-14)17(22)15-3-1-2-10-19-15/h1-7,10,14H,8-9,11H2,(H2,18,21). The number of carbonyl (C=O) groups excluding carboxylic acids is 2. The molecule has 0 atom stereocenters. The topological polar surface area (TPSA) is 76.3 Å². The third kappa shape index (κ3) is 3.14. The number of hydrogen-bond acceptors (Lipinski definition) is 3. The van der Waals surface area contributed by atoms with Gasteiger partial charge >= 0.3 is 0 Å². The van der Waals surface area contributed by atoms with E-state index in [1.165, 1.54) is 0 Å². The Balaban J connectivity index is 1.77. The van der Waals surface area contributed by atoms with Gasteiger partial charge < -0.3 is 10.6 Å². The maximum atomic E-state index is 12.6. The SMILES string of the molecule is NC(=O)c1ccc(CN(C(=O)c2ccccn2)C2CC2)cc1. The highest BCUT2D eigenvalue weighted by Gasteiger charge is 2.33. The van der Waals surface area contributed by atoms with Gasteiger partial charge in [-0.2, -0.15) is 0 Å². The van der Waals surface area contributed by atoms with Gasteiger partial charge in [0.05, 0.1) is 0 Å². The van der Waals surface area contributed by atoms with E-state index in [9.17, 15) is 9.59 Å². The molecule has 2 N–H and O–H groups in total. The average Bonchev–Trinajstić information content (AvgIpc) is 3.38. The van der Waals surface area contributed by atoms with Crippen molar-refractivity contribution in [1.82, 2.24) is 9.88 Å². The third-order valence-electron chi connectivity index (χ3n) is 3.72. The summed E-state index contributed by atoms with van der Waals surface area (Å²) in [6, 6.07) is 12.7. The lowest BCUT2D eigenvalue weighted by Gasteiger charge is -2.22. The molecule has 1 aliphatic rings. The molecule has 112 valence electrons. The fourth-order valence-corrected chi connectivity index (χ4v) is 2.36. The molecule has 0 saturated heterocycles. The van der Waals surface area contributed by atoms with Gasteiger partial charge in [0, 0.05) is 24.3 Å². The Kier molecular flexibility index (Phi) is 3.87. The van der Waals surface area contributed by atoms with E-state index >= 15 is 0 Å². The fraction of sp³-hybridized carbons (Fsp3) is 0.235. The van der Waals surface area contributed by atoms with Crippen LogP contribution in [0.5, 0.6) is 0 Å². The molecule has 2 amide bonds. The van der Waals surface area contributed by atoms with Crippen molar-refractivity contribution >= 4 is 11.8 Å². The zero-order valence-corrected chi connectivity index (χ0v) is 12.1. The van der Waals surface area contributed by atoms with E-state index in [2.05, 4.69) is 4.98 Å². The molecule has 0 unspecified atom stereocenters. The minimum Gasteiger partial charge on any atom is -0.366 e. The smallest absolute Gasteiger partial charge is 0.272 e. The van der Waals surface area contributed by atoms with Crippen molar-refractivity contribution in [3.05, 3.63) is 65.5 Å². The van der Waals surface area contributed by atoms with Crippen molar-refractivity contribution in [2.24, 2.45) is 5.73 Å². The zero-order chi connectivity index (χ0) is 15.5. The summed E-state index contributed by atoms with van der Waals surface area (Å²) in [6.45, 7) is 0.513. The van der Waals surface area contributed by atoms with Crippen LogP contribution in [0.25, 0.3) is 0 Å². The highest BCUT2D eigenvalue weighted by atomic mass is 16.2. The molecule has 1 aromatic heterocycles. The van der Waals surface area contributed by atoms with Gasteiger partial charge in [-0.15, -0.1) is 0 Å². The minimum absolute atomic E-state index is 0.0536. The Labute approximate surface area is 128 Å². The maximum Gasteiger partial charge on any atom is 0.272 e. The molecule has 1 heterocycles. The summed E-state index contributed by atoms with van der Waals surface area (Å²) in [5.41, 5.74) is 7.14. The first-order valence-electron chi connectivity index (χ1n) is 7.26. The van der Waals surface area contributed by atoms with Crippen LogP contribution in [0.1, 0.15) is 39.3 Å². The number of rotatable bonds is 5. The first kappa shape index (κ1) is 14.3. The largest absolute Gasteiger partial charge is 0.366 e. The van der Waals surface area contributed by atoms with Crippen LogP contribution in [0.2, 0.25) is 0 Å². The van der Waals surface area contributed by atoms with E-state index < -0.39 is 5.91 Å². The summed E-state index contributed by atoms with van der Waals surface area (Å²) < 4.78 is 0.